The Hall–Kier alpha value is -0.610. The second-order valence-electron chi connectivity index (χ2n) is 4.82. The van der Waals surface area contributed by atoms with Gasteiger partial charge in [-0.25, -0.2) is 0 Å². The van der Waals surface area contributed by atoms with Crippen LogP contribution in [0.5, 0.6) is 5.75 Å². The van der Waals surface area contributed by atoms with Gasteiger partial charge in [0, 0.05) is 15.9 Å². The number of anilines is 1. The van der Waals surface area contributed by atoms with Crippen molar-refractivity contribution in [3.05, 3.63) is 55.4 Å². The van der Waals surface area contributed by atoms with Gasteiger partial charge in [0.15, 0.2) is 0 Å². The normalized spacial score (nSPS) is 16.5. The SMILES string of the molecule is Clc1cc(Cl)c(NCC2Cc3cc(Br)ccc3O2)c(Cl)c1. The third-order valence-electron chi connectivity index (χ3n) is 3.28. The molecule has 0 saturated heterocycles. The van der Waals surface area contributed by atoms with Gasteiger partial charge in [-0.1, -0.05) is 50.7 Å². The number of fused-ring (bicyclic) bond motifs is 1. The first-order chi connectivity index (χ1) is 10.0. The van der Waals surface area contributed by atoms with E-state index in [9.17, 15) is 0 Å². The van der Waals surface area contributed by atoms with E-state index in [1.807, 2.05) is 12.1 Å². The molecule has 0 aliphatic carbocycles. The highest BCUT2D eigenvalue weighted by molar-refractivity contribution is 9.10. The average Bonchev–Trinajstić information content (AvgIpc) is 2.79. The van der Waals surface area contributed by atoms with Crippen molar-refractivity contribution in [3.63, 3.8) is 0 Å². The molecule has 3 rings (SSSR count). The van der Waals surface area contributed by atoms with Gasteiger partial charge in [0.2, 0.25) is 0 Å². The minimum atomic E-state index is 0.0529. The quantitative estimate of drug-likeness (QED) is 0.692. The minimum absolute atomic E-state index is 0.0529. The molecule has 1 N–H and O–H groups in total. The van der Waals surface area contributed by atoms with Crippen LogP contribution in [0.15, 0.2) is 34.8 Å². The predicted octanol–water partition coefficient (Wildman–Crippen LogP) is 5.82. The van der Waals surface area contributed by atoms with Crippen molar-refractivity contribution in [2.75, 3.05) is 11.9 Å². The van der Waals surface area contributed by atoms with Crippen molar-refractivity contribution >= 4 is 56.4 Å². The summed E-state index contributed by atoms with van der Waals surface area (Å²) < 4.78 is 6.95. The number of hydrogen-bond donors (Lipinski definition) is 1. The maximum absolute atomic E-state index is 6.15. The zero-order valence-corrected chi connectivity index (χ0v) is 14.7. The molecule has 0 radical (unpaired) electrons. The van der Waals surface area contributed by atoms with E-state index in [0.717, 1.165) is 16.6 Å². The Labute approximate surface area is 146 Å². The van der Waals surface area contributed by atoms with Crippen LogP contribution >= 0.6 is 50.7 Å². The Morgan fingerprint density at radius 3 is 2.57 bits per heavy atom. The largest absolute Gasteiger partial charge is 0.488 e. The van der Waals surface area contributed by atoms with Gasteiger partial charge in [0.1, 0.15) is 11.9 Å². The van der Waals surface area contributed by atoms with Gasteiger partial charge in [-0.2, -0.15) is 0 Å². The molecule has 0 saturated carbocycles. The van der Waals surface area contributed by atoms with Gasteiger partial charge in [0.05, 0.1) is 22.3 Å². The van der Waals surface area contributed by atoms with Crippen LogP contribution in [0.3, 0.4) is 0 Å². The fourth-order valence-corrected chi connectivity index (χ4v) is 3.69. The monoisotopic (exact) mass is 405 g/mol. The number of nitrogens with one attached hydrogen (secondary N) is 1. The van der Waals surface area contributed by atoms with Crippen LogP contribution in [-0.4, -0.2) is 12.6 Å². The molecule has 6 heteroatoms. The van der Waals surface area contributed by atoms with E-state index in [1.165, 1.54) is 5.56 Å². The number of benzene rings is 2. The van der Waals surface area contributed by atoms with Crippen LogP contribution in [0.4, 0.5) is 5.69 Å². The molecule has 1 heterocycles. The standard InChI is InChI=1S/C15H11BrCl3NO/c16-9-1-2-14-8(3-9)4-11(21-14)7-20-15-12(18)5-10(17)6-13(15)19/h1-3,5-6,11,20H,4,7H2. The van der Waals surface area contributed by atoms with Crippen molar-refractivity contribution in [2.45, 2.75) is 12.5 Å². The van der Waals surface area contributed by atoms with Crippen LogP contribution in [0.25, 0.3) is 0 Å². The minimum Gasteiger partial charge on any atom is -0.488 e. The van der Waals surface area contributed by atoms with Gasteiger partial charge in [-0.05, 0) is 35.9 Å². The van der Waals surface area contributed by atoms with Crippen molar-refractivity contribution in [2.24, 2.45) is 0 Å². The van der Waals surface area contributed by atoms with Crippen LogP contribution in [0.2, 0.25) is 15.1 Å². The first kappa shape index (κ1) is 15.3. The Kier molecular flexibility index (Phi) is 4.55. The highest BCUT2D eigenvalue weighted by Crippen LogP contribution is 2.35. The lowest BCUT2D eigenvalue weighted by Gasteiger charge is -2.15. The summed E-state index contributed by atoms with van der Waals surface area (Å²) in [4.78, 5) is 0. The lowest BCUT2D eigenvalue weighted by Crippen LogP contribution is -2.24. The summed E-state index contributed by atoms with van der Waals surface area (Å²) in [5.41, 5.74) is 1.88. The molecule has 1 atom stereocenters. The Bertz CT molecular complexity index is 670. The second-order valence-corrected chi connectivity index (χ2v) is 6.99. The molecule has 0 amide bonds. The molecule has 2 aromatic rings. The van der Waals surface area contributed by atoms with Crippen LogP contribution in [0.1, 0.15) is 5.56 Å². The number of halogens is 4. The van der Waals surface area contributed by atoms with E-state index in [1.54, 1.807) is 12.1 Å². The van der Waals surface area contributed by atoms with E-state index in [0.29, 0.717) is 27.3 Å². The molecular formula is C15H11BrCl3NO. The fraction of sp³-hybridized carbons (Fsp3) is 0.200. The molecule has 1 aliphatic heterocycles. The third-order valence-corrected chi connectivity index (χ3v) is 4.58. The van der Waals surface area contributed by atoms with E-state index in [4.69, 9.17) is 39.5 Å². The van der Waals surface area contributed by atoms with Crippen LogP contribution in [-0.2, 0) is 6.42 Å². The first-order valence-electron chi connectivity index (χ1n) is 6.36. The van der Waals surface area contributed by atoms with Crippen LogP contribution < -0.4 is 10.1 Å². The summed E-state index contributed by atoms with van der Waals surface area (Å²) >= 11 is 21.7. The number of ether oxygens (including phenoxy) is 1. The van der Waals surface area contributed by atoms with E-state index < -0.39 is 0 Å². The van der Waals surface area contributed by atoms with Crippen molar-refractivity contribution in [3.8, 4) is 5.75 Å². The van der Waals surface area contributed by atoms with E-state index >= 15 is 0 Å². The number of rotatable bonds is 3. The average molecular weight is 408 g/mol. The predicted molar refractivity (Wildman–Crippen MR) is 92.2 cm³/mol. The molecule has 2 nitrogen and oxygen atoms in total. The molecule has 0 fully saturated rings. The molecule has 0 bridgehead atoms. The molecule has 0 aromatic heterocycles. The zero-order chi connectivity index (χ0) is 15.0. The van der Waals surface area contributed by atoms with Crippen molar-refractivity contribution < 1.29 is 4.74 Å². The van der Waals surface area contributed by atoms with Crippen LogP contribution in [0, 0.1) is 0 Å². The Morgan fingerprint density at radius 2 is 1.86 bits per heavy atom. The summed E-state index contributed by atoms with van der Waals surface area (Å²) in [7, 11) is 0. The molecule has 1 aliphatic rings. The third kappa shape index (κ3) is 3.42. The molecule has 0 spiro atoms. The molecule has 21 heavy (non-hydrogen) atoms. The Balaban J connectivity index is 1.68. The zero-order valence-electron chi connectivity index (χ0n) is 10.8. The van der Waals surface area contributed by atoms with Gasteiger partial charge in [-0.15, -0.1) is 0 Å². The maximum Gasteiger partial charge on any atom is 0.123 e. The lowest BCUT2D eigenvalue weighted by molar-refractivity contribution is 0.246. The maximum atomic E-state index is 6.15. The van der Waals surface area contributed by atoms with E-state index in [2.05, 4.69) is 27.3 Å². The van der Waals surface area contributed by atoms with Gasteiger partial charge < -0.3 is 10.1 Å². The first-order valence-corrected chi connectivity index (χ1v) is 8.29. The molecule has 110 valence electrons. The van der Waals surface area contributed by atoms with Gasteiger partial charge in [0.25, 0.3) is 0 Å². The van der Waals surface area contributed by atoms with E-state index in [-0.39, 0.29) is 6.10 Å². The smallest absolute Gasteiger partial charge is 0.123 e. The highest BCUT2D eigenvalue weighted by Gasteiger charge is 2.23. The summed E-state index contributed by atoms with van der Waals surface area (Å²) in [5.74, 6) is 0.929. The van der Waals surface area contributed by atoms with Crippen molar-refractivity contribution in [1.29, 1.82) is 0 Å². The molecule has 1 unspecified atom stereocenters. The van der Waals surface area contributed by atoms with Gasteiger partial charge >= 0.3 is 0 Å². The van der Waals surface area contributed by atoms with Gasteiger partial charge in [-0.3, -0.25) is 0 Å². The van der Waals surface area contributed by atoms with Crippen molar-refractivity contribution in [1.82, 2.24) is 0 Å². The summed E-state index contributed by atoms with van der Waals surface area (Å²) in [6.07, 6.45) is 0.905. The lowest BCUT2D eigenvalue weighted by atomic mass is 10.1. The Morgan fingerprint density at radius 1 is 1.14 bits per heavy atom. The number of hydrogen-bond acceptors (Lipinski definition) is 2. The summed E-state index contributed by atoms with van der Waals surface area (Å²) in [5, 5.41) is 4.77. The topological polar surface area (TPSA) is 21.3 Å². The summed E-state index contributed by atoms with van der Waals surface area (Å²) in [6, 6.07) is 9.36. The summed E-state index contributed by atoms with van der Waals surface area (Å²) in [6.45, 7) is 0.618. The molecule has 2 aromatic carbocycles. The molecular weight excluding hydrogens is 396 g/mol. The second kappa shape index (κ2) is 6.25. The fourth-order valence-electron chi connectivity index (χ4n) is 2.33. The highest BCUT2D eigenvalue weighted by atomic mass is 79.9.